The fraction of sp³-hybridized carbons (Fsp3) is 0.769. The van der Waals surface area contributed by atoms with Crippen LogP contribution in [0, 0.1) is 11.3 Å². The molecule has 0 aromatic carbocycles. The van der Waals surface area contributed by atoms with Crippen LogP contribution in [0.5, 0.6) is 0 Å². The molecule has 1 aliphatic carbocycles. The van der Waals surface area contributed by atoms with Crippen LogP contribution in [-0.4, -0.2) is 16.3 Å². The highest BCUT2D eigenvalue weighted by Crippen LogP contribution is 2.51. The molecule has 0 aliphatic heterocycles. The van der Waals surface area contributed by atoms with Crippen LogP contribution < -0.4 is 5.32 Å². The summed E-state index contributed by atoms with van der Waals surface area (Å²) in [6.45, 7) is 11.1. The van der Waals surface area contributed by atoms with E-state index in [1.165, 1.54) is 12.0 Å². The minimum atomic E-state index is 0.414. The van der Waals surface area contributed by atoms with Crippen LogP contribution in [0.2, 0.25) is 0 Å². The Labute approximate surface area is 98.2 Å². The third-order valence-corrected chi connectivity index (χ3v) is 3.87. The summed E-state index contributed by atoms with van der Waals surface area (Å²) in [6, 6.07) is 0.414. The van der Waals surface area contributed by atoms with Crippen molar-refractivity contribution in [3.05, 3.63) is 18.0 Å². The van der Waals surface area contributed by atoms with Crippen LogP contribution in [0.3, 0.4) is 0 Å². The van der Waals surface area contributed by atoms with Gasteiger partial charge in [0.05, 0.1) is 6.20 Å². The number of hydrogen-bond acceptors (Lipinski definition) is 2. The maximum Gasteiger partial charge on any atom is 0.0537 e. The van der Waals surface area contributed by atoms with E-state index in [0.717, 1.165) is 19.0 Å². The standard InChI is InChI=1S/C13H23N3/c1-5-16-9-11(7-15-16)10(2)14-8-12-6-13(12,3)4/h7,9-10,12,14H,5-6,8H2,1-4H3. The van der Waals surface area contributed by atoms with Gasteiger partial charge in [-0.15, -0.1) is 0 Å². The van der Waals surface area contributed by atoms with Gasteiger partial charge in [-0.05, 0) is 38.1 Å². The van der Waals surface area contributed by atoms with Crippen LogP contribution in [0.15, 0.2) is 12.4 Å². The van der Waals surface area contributed by atoms with Gasteiger partial charge in [0.1, 0.15) is 0 Å². The highest BCUT2D eigenvalue weighted by atomic mass is 15.3. The predicted molar refractivity (Wildman–Crippen MR) is 66.2 cm³/mol. The van der Waals surface area contributed by atoms with Gasteiger partial charge < -0.3 is 5.32 Å². The number of rotatable bonds is 5. The molecule has 90 valence electrons. The largest absolute Gasteiger partial charge is 0.310 e. The van der Waals surface area contributed by atoms with Crippen molar-refractivity contribution in [1.29, 1.82) is 0 Å². The second-order valence-corrected chi connectivity index (χ2v) is 5.65. The summed E-state index contributed by atoms with van der Waals surface area (Å²) in [7, 11) is 0. The lowest BCUT2D eigenvalue weighted by molar-refractivity contribution is 0.485. The molecule has 1 heterocycles. The van der Waals surface area contributed by atoms with Crippen molar-refractivity contribution < 1.29 is 0 Å². The first-order chi connectivity index (χ1) is 7.53. The molecule has 1 fully saturated rings. The van der Waals surface area contributed by atoms with Gasteiger partial charge in [-0.2, -0.15) is 5.10 Å². The molecule has 1 aromatic rings. The van der Waals surface area contributed by atoms with Crippen LogP contribution >= 0.6 is 0 Å². The van der Waals surface area contributed by atoms with Crippen molar-refractivity contribution in [3.8, 4) is 0 Å². The molecule has 2 unspecified atom stereocenters. The Morgan fingerprint density at radius 2 is 2.31 bits per heavy atom. The Morgan fingerprint density at radius 1 is 1.62 bits per heavy atom. The lowest BCUT2D eigenvalue weighted by Crippen LogP contribution is -2.22. The summed E-state index contributed by atoms with van der Waals surface area (Å²) in [6.07, 6.45) is 5.47. The number of aryl methyl sites for hydroxylation is 1. The van der Waals surface area contributed by atoms with Crippen molar-refractivity contribution >= 4 is 0 Å². The first kappa shape index (κ1) is 11.6. The van der Waals surface area contributed by atoms with Crippen molar-refractivity contribution in [2.45, 2.75) is 46.7 Å². The fourth-order valence-corrected chi connectivity index (χ4v) is 2.14. The zero-order valence-electron chi connectivity index (χ0n) is 10.8. The maximum absolute atomic E-state index is 4.30. The SMILES string of the molecule is CCn1cc(C(C)NCC2CC2(C)C)cn1. The zero-order chi connectivity index (χ0) is 11.8. The molecule has 2 rings (SSSR count). The molecule has 1 aliphatic rings. The molecule has 0 bridgehead atoms. The molecule has 3 nitrogen and oxygen atoms in total. The summed E-state index contributed by atoms with van der Waals surface area (Å²) < 4.78 is 1.98. The minimum absolute atomic E-state index is 0.414. The molecular formula is C13H23N3. The summed E-state index contributed by atoms with van der Waals surface area (Å²) in [5.41, 5.74) is 1.86. The molecule has 16 heavy (non-hydrogen) atoms. The third-order valence-electron chi connectivity index (χ3n) is 3.87. The Bertz CT molecular complexity index is 354. The fourth-order valence-electron chi connectivity index (χ4n) is 2.14. The number of aromatic nitrogens is 2. The summed E-state index contributed by atoms with van der Waals surface area (Å²) in [5.74, 6) is 0.858. The number of nitrogens with one attached hydrogen (secondary N) is 1. The van der Waals surface area contributed by atoms with Gasteiger partial charge in [0, 0.05) is 24.3 Å². The van der Waals surface area contributed by atoms with Crippen molar-refractivity contribution in [2.24, 2.45) is 11.3 Å². The van der Waals surface area contributed by atoms with Gasteiger partial charge in [0.2, 0.25) is 0 Å². The second kappa shape index (κ2) is 4.21. The molecule has 0 spiro atoms. The van der Waals surface area contributed by atoms with E-state index in [0.29, 0.717) is 11.5 Å². The minimum Gasteiger partial charge on any atom is -0.310 e. The molecule has 1 aromatic heterocycles. The average Bonchev–Trinajstić information content (AvgIpc) is 2.69. The van der Waals surface area contributed by atoms with E-state index >= 15 is 0 Å². The second-order valence-electron chi connectivity index (χ2n) is 5.65. The molecule has 0 saturated heterocycles. The first-order valence-electron chi connectivity index (χ1n) is 6.28. The predicted octanol–water partition coefficient (Wildman–Crippen LogP) is 2.60. The van der Waals surface area contributed by atoms with Gasteiger partial charge in [0.25, 0.3) is 0 Å². The monoisotopic (exact) mass is 221 g/mol. The number of nitrogens with zero attached hydrogens (tertiary/aromatic N) is 2. The van der Waals surface area contributed by atoms with Crippen molar-refractivity contribution in [3.63, 3.8) is 0 Å². The lowest BCUT2D eigenvalue weighted by Gasteiger charge is -2.12. The van der Waals surface area contributed by atoms with Gasteiger partial charge in [-0.3, -0.25) is 4.68 Å². The van der Waals surface area contributed by atoms with Crippen molar-refractivity contribution in [2.75, 3.05) is 6.54 Å². The van der Waals surface area contributed by atoms with Crippen LogP contribution in [0.25, 0.3) is 0 Å². The maximum atomic E-state index is 4.30. The molecular weight excluding hydrogens is 198 g/mol. The van der Waals surface area contributed by atoms with Crippen molar-refractivity contribution in [1.82, 2.24) is 15.1 Å². The molecule has 1 saturated carbocycles. The molecule has 3 heteroatoms. The Morgan fingerprint density at radius 3 is 2.81 bits per heavy atom. The van der Waals surface area contributed by atoms with Crippen LogP contribution in [-0.2, 0) is 6.54 Å². The smallest absolute Gasteiger partial charge is 0.0537 e. The quantitative estimate of drug-likeness (QED) is 0.828. The van der Waals surface area contributed by atoms with Gasteiger partial charge >= 0.3 is 0 Å². The molecule has 1 N–H and O–H groups in total. The summed E-state index contributed by atoms with van der Waals surface area (Å²) in [4.78, 5) is 0. The Kier molecular flexibility index (Phi) is 3.06. The van der Waals surface area contributed by atoms with E-state index in [1.54, 1.807) is 0 Å². The van der Waals surface area contributed by atoms with E-state index in [9.17, 15) is 0 Å². The van der Waals surface area contributed by atoms with Crippen LogP contribution in [0.4, 0.5) is 0 Å². The van der Waals surface area contributed by atoms with Gasteiger partial charge in [0.15, 0.2) is 0 Å². The lowest BCUT2D eigenvalue weighted by atomic mass is 10.1. The Balaban J connectivity index is 1.81. The Hall–Kier alpha value is -0.830. The van der Waals surface area contributed by atoms with E-state index in [4.69, 9.17) is 0 Å². The highest BCUT2D eigenvalue weighted by molar-refractivity contribution is 5.09. The van der Waals surface area contributed by atoms with E-state index in [2.05, 4.69) is 44.3 Å². The summed E-state index contributed by atoms with van der Waals surface area (Å²) >= 11 is 0. The molecule has 2 atom stereocenters. The zero-order valence-corrected chi connectivity index (χ0v) is 10.8. The molecule has 0 amide bonds. The van der Waals surface area contributed by atoms with E-state index in [-0.39, 0.29) is 0 Å². The first-order valence-corrected chi connectivity index (χ1v) is 6.28. The van der Waals surface area contributed by atoms with E-state index in [1.807, 2.05) is 10.9 Å². The normalized spacial score (nSPS) is 24.4. The van der Waals surface area contributed by atoms with Gasteiger partial charge in [-0.1, -0.05) is 13.8 Å². The summed E-state index contributed by atoms with van der Waals surface area (Å²) in [5, 5.41) is 7.90. The number of hydrogen-bond donors (Lipinski definition) is 1. The third kappa shape index (κ3) is 2.46. The topological polar surface area (TPSA) is 29.9 Å². The molecule has 0 radical (unpaired) electrons. The average molecular weight is 221 g/mol. The van der Waals surface area contributed by atoms with Gasteiger partial charge in [-0.25, -0.2) is 0 Å². The highest BCUT2D eigenvalue weighted by Gasteiger charge is 2.44. The van der Waals surface area contributed by atoms with Crippen LogP contribution in [0.1, 0.15) is 45.7 Å². The van der Waals surface area contributed by atoms with E-state index < -0.39 is 0 Å².